The number of carbonyl (C=O) groups is 10. The van der Waals surface area contributed by atoms with Gasteiger partial charge in [-0.15, -0.1) is 0 Å². The number of Topliss-reactive ketones (excluding diaryl/α,β-unsaturated/α-hetero) is 2. The Morgan fingerprint density at radius 1 is 0.434 bits per heavy atom. The SMILES string of the molecule is CC(=O)C1CO1.CC(=O)C1COC(COC(=O)c2ccccc2)O1.CC(=O)Nc1ccn(C2COC(COC(=O)c3ccccc3)O2)c(=O)n1.CC(=O)OC1COC(COC(=O)c2ccccc2)O1.Nc1ccn(C2COC(CO)O2)c(=O)n1.Nc1ccn(C2COC(COC(=O)c3ccccc3)O2)c(=O)n1.O=CCOC(=O)c1ccccc1.[I][V][I]. The van der Waals surface area contributed by atoms with Gasteiger partial charge in [0.05, 0.1) is 67.5 Å². The number of aliphatic hydroxyl groups is 1. The van der Waals surface area contributed by atoms with Crippen molar-refractivity contribution >= 4 is 117 Å². The average molecular weight is 1960 g/mol. The first-order valence-electron chi connectivity index (χ1n) is 36.5. The molecule has 6 N–H and O–H groups in total. The molecule has 6 aliphatic rings. The van der Waals surface area contributed by atoms with Gasteiger partial charge in [-0.2, -0.15) is 15.0 Å². The van der Waals surface area contributed by atoms with E-state index in [-0.39, 0.29) is 114 Å². The number of nitrogens with zero attached hydrogens (tertiary/aromatic N) is 6. The molecule has 122 heavy (non-hydrogen) atoms. The van der Waals surface area contributed by atoms with E-state index in [2.05, 4.69) is 69.7 Å². The maximum absolute atomic E-state index is 12.0. The Morgan fingerprint density at radius 3 is 1.05 bits per heavy atom. The molecular weight excluding hydrogens is 1880 g/mol. The first kappa shape index (κ1) is 98.3. The van der Waals surface area contributed by atoms with Crippen molar-refractivity contribution in [3.63, 3.8) is 0 Å². The number of nitrogens with two attached hydrogens (primary N) is 2. The fraction of sp³-hybridized carbons (Fsp3) is 0.342. The van der Waals surface area contributed by atoms with E-state index >= 15 is 0 Å². The number of hydrogen-bond donors (Lipinski definition) is 4. The number of esters is 6. The van der Waals surface area contributed by atoms with Crippen LogP contribution in [0.15, 0.2) is 203 Å². The zero-order chi connectivity index (χ0) is 88.3. The van der Waals surface area contributed by atoms with Gasteiger partial charge in [-0.05, 0) is 92.7 Å². The Kier molecular flexibility index (Phi) is 42.9. The molecule has 1 amide bonds. The van der Waals surface area contributed by atoms with E-state index in [1.165, 1.54) is 78.2 Å². The van der Waals surface area contributed by atoms with Crippen molar-refractivity contribution in [1.29, 1.82) is 0 Å². The molecule has 5 aromatic carbocycles. The first-order valence-corrected chi connectivity index (χ1v) is 45.5. The van der Waals surface area contributed by atoms with Gasteiger partial charge in [0.25, 0.3) is 0 Å². The monoisotopic (exact) mass is 1960 g/mol. The number of benzene rings is 5. The van der Waals surface area contributed by atoms with Crippen LogP contribution >= 0.6 is 40.0 Å². The number of aliphatic hydroxyl groups excluding tert-OH is 1. The summed E-state index contributed by atoms with van der Waals surface area (Å²) in [5.41, 5.74) is 11.4. The molecule has 11 atom stereocenters. The molecule has 0 aliphatic carbocycles. The van der Waals surface area contributed by atoms with Crippen molar-refractivity contribution < 1.29 is 143 Å². The van der Waals surface area contributed by atoms with E-state index in [4.69, 9.17) is 87.6 Å². The van der Waals surface area contributed by atoms with Crippen LogP contribution in [0.1, 0.15) is 98.2 Å². The summed E-state index contributed by atoms with van der Waals surface area (Å²) in [7, 11) is 0.628. The zero-order valence-corrected chi connectivity index (χ0v) is 71.3. The number of carbonyl (C=O) groups excluding carboxylic acids is 10. The summed E-state index contributed by atoms with van der Waals surface area (Å²) in [5.74, 6) is -2.57. The van der Waals surface area contributed by atoms with E-state index in [1.54, 1.807) is 133 Å². The standard InChI is InChI=1S/C17H17N3O6.C15H15N3O5.C13H14O6.C13H14O5.C9H8O3.C8H11N3O4.C4H6O2.2HI.V/c1-11(21)18-13-7-8-20(17(23)19-13)14-9-24-15(26-14)10-25-16(22)12-5-3-2-4-6-12;16-11-6-7-18(15(20)17-11)12-8-21-13(23-12)9-22-14(19)10-4-2-1-3-5-10;1-9(14)18-12-8-16-11(19-12)7-17-13(15)10-5-3-2-4-6-10;1-9(14)11-7-16-12(18-11)8-17-13(15)10-5-3-2-4-6-10;10-6-7-12-9(11)8-4-2-1-3-5-8;9-5-1-2-11(8(13)10-5)6-4-14-7(3-12)15-6;1-3(5)4-2-6-4;;;/h2-8,14-15H,9-10H2,1H3,(H,18,19,21,23);1-7,12-13H,8-9H2,(H2,16,17,20);2-6,11-12H,7-8H2,1H3;2-6,11-12H,7-8H2,1H3;1-6H,7H2;1-2,6-7,12H,3-4H2,(H2,9,10,13);4H,2H2,1H3;2*1H;/q;;;;;;;;;+2/p-2. The van der Waals surface area contributed by atoms with E-state index < -0.39 is 115 Å². The number of nitrogen functional groups attached to an aromatic ring is 2. The fourth-order valence-corrected chi connectivity index (χ4v) is 9.99. The summed E-state index contributed by atoms with van der Waals surface area (Å²) >= 11 is 4.74. The Labute approximate surface area is 724 Å². The van der Waals surface area contributed by atoms with Crippen molar-refractivity contribution in [3.05, 3.63) is 248 Å². The Bertz CT molecular complexity index is 4860. The van der Waals surface area contributed by atoms with Crippen molar-refractivity contribution in [2.75, 3.05) is 96.1 Å². The van der Waals surface area contributed by atoms with Gasteiger partial charge in [-0.25, -0.2) is 38.4 Å². The summed E-state index contributed by atoms with van der Waals surface area (Å²) in [6.45, 7) is 6.37. The number of rotatable bonds is 23. The molecule has 0 bridgehead atoms. The Morgan fingerprint density at radius 2 is 0.746 bits per heavy atom. The molecule has 0 spiro atoms. The van der Waals surface area contributed by atoms with Crippen LogP contribution in [0.4, 0.5) is 17.5 Å². The van der Waals surface area contributed by atoms with Gasteiger partial charge in [-0.1, -0.05) is 91.0 Å². The van der Waals surface area contributed by atoms with Crippen molar-refractivity contribution in [1.82, 2.24) is 28.7 Å². The van der Waals surface area contributed by atoms with Crippen molar-refractivity contribution in [2.24, 2.45) is 0 Å². The van der Waals surface area contributed by atoms with Crippen LogP contribution in [0.5, 0.6) is 0 Å². The molecule has 40 nitrogen and oxygen atoms in total. The predicted molar refractivity (Wildman–Crippen MR) is 435 cm³/mol. The van der Waals surface area contributed by atoms with Gasteiger partial charge < -0.3 is 102 Å². The number of ketones is 2. The second kappa shape index (κ2) is 53.2. The Balaban J connectivity index is 0.000000200. The molecule has 43 heteroatoms. The van der Waals surface area contributed by atoms with E-state index in [0.717, 1.165) is 0 Å². The van der Waals surface area contributed by atoms with Gasteiger partial charge in [0.2, 0.25) is 12.2 Å². The third kappa shape index (κ3) is 35.3. The molecule has 6 fully saturated rings. The molecular formula is C79H85I2N9O31V. The second-order valence-electron chi connectivity index (χ2n) is 24.9. The van der Waals surface area contributed by atoms with Gasteiger partial charge in [0, 0.05) is 32.4 Å². The van der Waals surface area contributed by atoms with Gasteiger partial charge in [0.1, 0.15) is 69.3 Å². The minimum absolute atomic E-state index is 0.0164. The van der Waals surface area contributed by atoms with E-state index in [1.807, 2.05) is 18.2 Å². The number of epoxide rings is 1. The average Bonchev–Trinajstić information content (AvgIpc) is 1.45. The number of amides is 1. The molecule has 6 saturated heterocycles. The summed E-state index contributed by atoms with van der Waals surface area (Å²) < 4.78 is 91.2. The summed E-state index contributed by atoms with van der Waals surface area (Å²) in [6.07, 6.45) is -1.81. The third-order valence-corrected chi connectivity index (χ3v) is 15.9. The summed E-state index contributed by atoms with van der Waals surface area (Å²) in [4.78, 5) is 157. The molecule has 6 aliphatic heterocycles. The molecule has 8 aromatic rings. The number of halogens is 2. The van der Waals surface area contributed by atoms with Crippen molar-refractivity contribution in [2.45, 2.75) is 96.3 Å². The van der Waals surface area contributed by atoms with Crippen LogP contribution in [0, 0.1) is 0 Å². The minimum atomic E-state index is -0.783. The van der Waals surface area contributed by atoms with Crippen LogP contribution in [0.2, 0.25) is 0 Å². The quantitative estimate of drug-likeness (QED) is 0.0209. The number of nitrogens with one attached hydrogen (secondary N) is 1. The normalized spacial score (nSPS) is 20.3. The second-order valence-corrected chi connectivity index (χ2v) is 36.7. The molecule has 0 radical (unpaired) electrons. The third-order valence-electron chi connectivity index (χ3n) is 15.9. The number of aldehydes is 1. The van der Waals surface area contributed by atoms with E-state index in [9.17, 15) is 62.3 Å². The molecule has 14 rings (SSSR count). The van der Waals surface area contributed by atoms with Crippen LogP contribution in [0.3, 0.4) is 0 Å². The van der Waals surface area contributed by atoms with Gasteiger partial charge in [0.15, 0.2) is 68.0 Å². The molecule has 9 heterocycles. The summed E-state index contributed by atoms with van der Waals surface area (Å²) in [6, 6.07) is 47.4. The number of hydrogen-bond acceptors (Lipinski definition) is 36. The van der Waals surface area contributed by atoms with Crippen LogP contribution < -0.4 is 33.9 Å². The van der Waals surface area contributed by atoms with Crippen LogP contribution in [-0.4, -0.2) is 223 Å². The fourth-order valence-electron chi connectivity index (χ4n) is 9.99. The van der Waals surface area contributed by atoms with Gasteiger partial charge >= 0.3 is 102 Å². The maximum atomic E-state index is 12.0. The Hall–Kier alpha value is -10.8. The van der Waals surface area contributed by atoms with Crippen molar-refractivity contribution in [3.8, 4) is 0 Å². The topological polar surface area (TPSA) is 520 Å². The first-order chi connectivity index (χ1) is 58.7. The molecule has 11 unspecified atom stereocenters. The summed E-state index contributed by atoms with van der Waals surface area (Å²) in [5, 5.41) is 11.2. The number of aromatic nitrogens is 6. The van der Waals surface area contributed by atoms with Crippen LogP contribution in [0.25, 0.3) is 0 Å². The molecule has 3 aromatic heterocycles. The number of ether oxygens (including phenoxy) is 17. The number of anilines is 3. The molecule has 0 saturated carbocycles. The van der Waals surface area contributed by atoms with Gasteiger partial charge in [-0.3, -0.25) is 37.7 Å². The van der Waals surface area contributed by atoms with E-state index in [0.29, 0.717) is 50.2 Å². The molecule has 651 valence electrons. The predicted octanol–water partition coefficient (Wildman–Crippen LogP) is 5.24. The van der Waals surface area contributed by atoms with Crippen LogP contribution in [-0.2, 0) is 114 Å². The zero-order valence-electron chi connectivity index (χ0n) is 65.5.